The molecular formula is C72H74N6S2. The summed E-state index contributed by atoms with van der Waals surface area (Å²) >= 11 is 3.04. The number of unbranched alkanes of at least 4 members (excludes halogenated alkanes) is 12. The third-order valence-corrected chi connectivity index (χ3v) is 20.2. The molecule has 0 fully saturated rings. The second-order valence-electron chi connectivity index (χ2n) is 23.7. The summed E-state index contributed by atoms with van der Waals surface area (Å²) in [6.07, 6.45) is 29.3. The van der Waals surface area contributed by atoms with E-state index in [1.54, 1.807) is 11.3 Å². The Hall–Kier alpha value is -7.00. The molecule has 0 radical (unpaired) electrons. The predicted molar refractivity (Wildman–Crippen MR) is 343 cm³/mol. The zero-order valence-electron chi connectivity index (χ0n) is 47.6. The molecule has 8 heteroatoms. The molecule has 2 aliphatic carbocycles. The van der Waals surface area contributed by atoms with Crippen LogP contribution in [0.25, 0.3) is 101 Å². The van der Waals surface area contributed by atoms with Gasteiger partial charge in [0.2, 0.25) is 0 Å². The number of H-pyrrole nitrogens is 2. The SMILES string of the molecule is CCCCCCCCCCC1(C)c2ccccc2-c2ccc(-c3c4nc(c(-c5sc(C)c6c5N=S=N6)c5ccc([nH]5)c(-c5ccc6c(c5)C(C)(CCCCCCCC)c5ccccc5-6)c5nc(c(C)c6ccc3[nH]6)C=C5)C=C4)cc21. The van der Waals surface area contributed by atoms with Crippen molar-refractivity contribution in [2.75, 3.05) is 0 Å². The second kappa shape index (κ2) is 21.8. The Morgan fingerprint density at radius 1 is 0.425 bits per heavy atom. The Balaban J connectivity index is 0.990. The zero-order chi connectivity index (χ0) is 54.5. The van der Waals surface area contributed by atoms with E-state index in [9.17, 15) is 0 Å². The summed E-state index contributed by atoms with van der Waals surface area (Å²) in [6, 6.07) is 41.7. The van der Waals surface area contributed by atoms with Gasteiger partial charge in [0.05, 0.1) is 39.0 Å². The number of nitrogens with one attached hydrogen (secondary N) is 2. The summed E-state index contributed by atoms with van der Waals surface area (Å²) in [7, 11) is 0. The van der Waals surface area contributed by atoms with Crippen molar-refractivity contribution >= 4 is 80.4 Å². The maximum Gasteiger partial charge on any atom is 0.123 e. The smallest absolute Gasteiger partial charge is 0.123 e. The molecule has 7 heterocycles. The van der Waals surface area contributed by atoms with Crippen LogP contribution in [0, 0.1) is 13.8 Å². The first kappa shape index (κ1) is 52.4. The first-order chi connectivity index (χ1) is 39.2. The van der Waals surface area contributed by atoms with Crippen molar-refractivity contribution in [3.05, 3.63) is 165 Å². The van der Waals surface area contributed by atoms with Crippen LogP contribution in [0.15, 0.2) is 118 Å². The number of benzene rings is 4. The van der Waals surface area contributed by atoms with Gasteiger partial charge in [0, 0.05) is 54.5 Å². The lowest BCUT2D eigenvalue weighted by Gasteiger charge is -2.28. The first-order valence-electron chi connectivity index (χ1n) is 30.0. The number of hydrogen-bond acceptors (Lipinski definition) is 5. The zero-order valence-corrected chi connectivity index (χ0v) is 49.3. The normalized spacial score (nSPS) is 17.0. The van der Waals surface area contributed by atoms with Gasteiger partial charge in [-0.1, -0.05) is 190 Å². The molecule has 2 unspecified atom stereocenters. The van der Waals surface area contributed by atoms with Crippen LogP contribution in [-0.4, -0.2) is 19.9 Å². The van der Waals surface area contributed by atoms with Crippen LogP contribution < -0.4 is 0 Å². The van der Waals surface area contributed by atoms with E-state index in [4.69, 9.17) is 18.7 Å². The quantitative estimate of drug-likeness (QED) is 0.0791. The Morgan fingerprint density at radius 3 is 1.40 bits per heavy atom. The van der Waals surface area contributed by atoms with Gasteiger partial charge in [-0.25, -0.2) is 9.97 Å². The minimum Gasteiger partial charge on any atom is -0.355 e. The second-order valence-corrected chi connectivity index (χ2v) is 25.5. The lowest BCUT2D eigenvalue weighted by atomic mass is 9.75. The summed E-state index contributed by atoms with van der Waals surface area (Å²) in [5.41, 5.74) is 27.2. The molecule has 4 aromatic heterocycles. The Morgan fingerprint density at radius 2 is 0.850 bits per heavy atom. The summed E-state index contributed by atoms with van der Waals surface area (Å²) in [4.78, 5) is 21.5. The molecule has 0 saturated heterocycles. The van der Waals surface area contributed by atoms with Gasteiger partial charge in [0.15, 0.2) is 0 Å². The fourth-order valence-corrected chi connectivity index (χ4v) is 15.9. The summed E-state index contributed by atoms with van der Waals surface area (Å²) < 4.78 is 9.76. The molecule has 8 aromatic rings. The topological polar surface area (TPSA) is 82.1 Å². The maximum atomic E-state index is 5.74. The number of thiophene rings is 1. The van der Waals surface area contributed by atoms with Gasteiger partial charge in [-0.2, -0.15) is 8.73 Å². The minimum atomic E-state index is -0.107. The van der Waals surface area contributed by atoms with Gasteiger partial charge in [-0.15, -0.1) is 11.3 Å². The number of aromatic nitrogens is 4. The highest BCUT2D eigenvalue weighted by Gasteiger charge is 2.40. The van der Waals surface area contributed by atoms with Crippen LogP contribution in [-0.2, 0) is 22.2 Å². The number of rotatable bonds is 19. The number of hydrogen-bond donors (Lipinski definition) is 2. The van der Waals surface area contributed by atoms with Crippen LogP contribution in [0.3, 0.4) is 0 Å². The van der Waals surface area contributed by atoms with Crippen molar-refractivity contribution in [2.24, 2.45) is 8.73 Å². The fourth-order valence-electron chi connectivity index (χ4n) is 14.1. The average Bonchev–Trinajstić information content (AvgIpc) is 4.54. The Labute approximate surface area is 480 Å². The molecule has 8 bridgehead atoms. The molecule has 2 atom stereocenters. The minimum absolute atomic E-state index is 0.105. The van der Waals surface area contributed by atoms with E-state index in [1.807, 2.05) is 0 Å². The third-order valence-electron chi connectivity index (χ3n) is 18.5. The number of nitrogens with zero attached hydrogens (tertiary/aromatic N) is 4. The number of aromatic amines is 2. The molecule has 4 aromatic carbocycles. The van der Waals surface area contributed by atoms with E-state index in [2.05, 4.69) is 185 Å². The van der Waals surface area contributed by atoms with Gasteiger partial charge in [-0.3, -0.25) is 0 Å². The molecule has 80 heavy (non-hydrogen) atoms. The van der Waals surface area contributed by atoms with Gasteiger partial charge in [0.25, 0.3) is 0 Å². The van der Waals surface area contributed by atoms with E-state index in [0.717, 1.165) is 112 Å². The highest BCUT2D eigenvalue weighted by Crippen LogP contribution is 2.56. The highest BCUT2D eigenvalue weighted by molar-refractivity contribution is 7.58. The molecule has 6 nitrogen and oxygen atoms in total. The van der Waals surface area contributed by atoms with Crippen LogP contribution in [0.4, 0.5) is 11.4 Å². The van der Waals surface area contributed by atoms with Crippen LogP contribution >= 0.6 is 11.3 Å². The standard InChI is InChI=1S/C72H74N6S2/c1-7-9-11-13-15-16-18-24-42-72(6)54-28-22-20-26-50(54)52-32-30-48(44-56(52)72)66-60-36-34-58(74-60)45(3)57-33-35-59(73-57)65(47-29-31-51-49-25-19-21-27-53(49)71(5,55(51)43-47)41-23-17-14-12-10-8-2)61-37-39-63(75-61)67(64-40-38-62(66)76-64)70-69-68(46(4)79-70)77-80-78-69/h19-22,25-40,43-44,74-75H,7-18,23-24,41-42H2,1-6H3. The van der Waals surface area contributed by atoms with E-state index >= 15 is 0 Å². The molecule has 404 valence electrons. The summed E-state index contributed by atoms with van der Waals surface area (Å²) in [5.74, 6) is 0. The van der Waals surface area contributed by atoms with Crippen LogP contribution in [0.2, 0.25) is 0 Å². The Bertz CT molecular complexity index is 4060. The maximum absolute atomic E-state index is 5.74. The van der Waals surface area contributed by atoms with E-state index in [-0.39, 0.29) is 10.8 Å². The lowest BCUT2D eigenvalue weighted by molar-refractivity contribution is 0.478. The highest BCUT2D eigenvalue weighted by atomic mass is 32.1. The van der Waals surface area contributed by atoms with Gasteiger partial charge >= 0.3 is 0 Å². The van der Waals surface area contributed by atoms with Crippen LogP contribution in [0.1, 0.15) is 186 Å². The van der Waals surface area contributed by atoms with Crippen molar-refractivity contribution < 1.29 is 0 Å². The molecule has 5 aliphatic rings. The van der Waals surface area contributed by atoms with Crippen molar-refractivity contribution in [1.29, 1.82) is 0 Å². The van der Waals surface area contributed by atoms with E-state index < -0.39 is 0 Å². The van der Waals surface area contributed by atoms with Gasteiger partial charge in [0.1, 0.15) is 11.4 Å². The largest absolute Gasteiger partial charge is 0.355 e. The van der Waals surface area contributed by atoms with Gasteiger partial charge in [-0.05, 0) is 149 Å². The summed E-state index contributed by atoms with van der Waals surface area (Å²) in [5, 5.41) is 0. The van der Waals surface area contributed by atoms with Crippen molar-refractivity contribution in [2.45, 2.75) is 155 Å². The molecule has 13 rings (SSSR count). The van der Waals surface area contributed by atoms with Crippen LogP contribution in [0.5, 0.6) is 0 Å². The number of aryl methyl sites for hydroxylation is 2. The molecule has 0 saturated carbocycles. The van der Waals surface area contributed by atoms with E-state index in [1.165, 1.54) is 146 Å². The van der Waals surface area contributed by atoms with E-state index in [0.29, 0.717) is 0 Å². The molecular weight excluding hydrogens is 1010 g/mol. The molecule has 0 spiro atoms. The van der Waals surface area contributed by atoms with Gasteiger partial charge < -0.3 is 9.97 Å². The third kappa shape index (κ3) is 9.15. The lowest BCUT2D eigenvalue weighted by Crippen LogP contribution is -2.20. The summed E-state index contributed by atoms with van der Waals surface area (Å²) in [6.45, 7) is 14.0. The fraction of sp³-hybridized carbons (Fsp3) is 0.333. The average molecular weight is 1090 g/mol. The first-order valence-corrected chi connectivity index (χ1v) is 31.6. The molecule has 3 aliphatic heterocycles. The number of fused-ring (bicyclic) bond motifs is 15. The van der Waals surface area contributed by atoms with Crippen molar-refractivity contribution in [1.82, 2.24) is 19.9 Å². The predicted octanol–water partition coefficient (Wildman–Crippen LogP) is 21.9. The van der Waals surface area contributed by atoms with Crippen molar-refractivity contribution in [3.63, 3.8) is 0 Å². The monoisotopic (exact) mass is 1090 g/mol. The molecule has 0 amide bonds. The molecule has 2 N–H and O–H groups in total. The Kier molecular flexibility index (Phi) is 14.3. The van der Waals surface area contributed by atoms with Crippen molar-refractivity contribution in [3.8, 4) is 54.9 Å².